The van der Waals surface area contributed by atoms with Crippen LogP contribution in [0, 0.1) is 5.92 Å². The molecule has 2 aromatic rings. The van der Waals surface area contributed by atoms with Crippen molar-refractivity contribution < 1.29 is 23.7 Å². The summed E-state index contributed by atoms with van der Waals surface area (Å²) in [4.78, 5) is 12.6. The number of fused-ring (bicyclic) bond motifs is 1. The molecule has 1 heterocycles. The lowest BCUT2D eigenvalue weighted by Gasteiger charge is -2.24. The van der Waals surface area contributed by atoms with Gasteiger partial charge in [-0.05, 0) is 24.1 Å². The number of hydrogen-bond acceptors (Lipinski definition) is 5. The highest BCUT2D eigenvalue weighted by Crippen LogP contribution is 2.34. The van der Waals surface area contributed by atoms with E-state index in [0.29, 0.717) is 36.8 Å². The summed E-state index contributed by atoms with van der Waals surface area (Å²) in [6.45, 7) is 0.715. The summed E-state index contributed by atoms with van der Waals surface area (Å²) in [7, 11) is 4.72. The predicted molar refractivity (Wildman–Crippen MR) is 97.1 cm³/mol. The molecule has 0 radical (unpaired) electrons. The van der Waals surface area contributed by atoms with Gasteiger partial charge in [-0.25, -0.2) is 0 Å². The van der Waals surface area contributed by atoms with E-state index in [9.17, 15) is 4.79 Å². The van der Waals surface area contributed by atoms with Crippen LogP contribution in [-0.4, -0.2) is 33.8 Å². The van der Waals surface area contributed by atoms with Gasteiger partial charge in [0.15, 0.2) is 11.5 Å². The second-order valence-electron chi connectivity index (χ2n) is 6.06. The lowest BCUT2D eigenvalue weighted by Crippen LogP contribution is -2.37. The maximum Gasteiger partial charge on any atom is 0.227 e. The summed E-state index contributed by atoms with van der Waals surface area (Å²) in [5.41, 5.74) is 1.87. The number of methoxy groups -OCH3 is 3. The van der Waals surface area contributed by atoms with E-state index in [2.05, 4.69) is 5.32 Å². The van der Waals surface area contributed by atoms with Crippen LogP contribution in [0.2, 0.25) is 0 Å². The van der Waals surface area contributed by atoms with Crippen molar-refractivity contribution in [1.29, 1.82) is 0 Å². The van der Waals surface area contributed by atoms with Crippen LogP contribution in [0.3, 0.4) is 0 Å². The Kier molecular flexibility index (Phi) is 5.51. The first-order valence-electron chi connectivity index (χ1n) is 8.43. The molecule has 0 saturated heterocycles. The van der Waals surface area contributed by atoms with Crippen molar-refractivity contribution in [3.8, 4) is 23.0 Å². The van der Waals surface area contributed by atoms with E-state index in [-0.39, 0.29) is 11.8 Å². The van der Waals surface area contributed by atoms with Crippen LogP contribution in [0.4, 0.5) is 0 Å². The van der Waals surface area contributed by atoms with Crippen LogP contribution in [0.5, 0.6) is 23.0 Å². The van der Waals surface area contributed by atoms with Crippen molar-refractivity contribution >= 4 is 5.91 Å². The van der Waals surface area contributed by atoms with E-state index >= 15 is 0 Å². The average molecular weight is 357 g/mol. The Morgan fingerprint density at radius 2 is 1.77 bits per heavy atom. The maximum absolute atomic E-state index is 12.6. The highest BCUT2D eigenvalue weighted by Gasteiger charge is 2.26. The van der Waals surface area contributed by atoms with Crippen molar-refractivity contribution in [1.82, 2.24) is 5.32 Å². The van der Waals surface area contributed by atoms with E-state index in [1.807, 2.05) is 30.3 Å². The summed E-state index contributed by atoms with van der Waals surface area (Å²) in [6, 6.07) is 11.4. The first-order valence-corrected chi connectivity index (χ1v) is 8.43. The number of nitrogens with one attached hydrogen (secondary N) is 1. The monoisotopic (exact) mass is 357 g/mol. The molecule has 0 saturated carbocycles. The van der Waals surface area contributed by atoms with Gasteiger partial charge in [-0.2, -0.15) is 0 Å². The van der Waals surface area contributed by atoms with Crippen molar-refractivity contribution in [2.24, 2.45) is 5.92 Å². The van der Waals surface area contributed by atoms with E-state index in [4.69, 9.17) is 18.9 Å². The topological polar surface area (TPSA) is 66.0 Å². The second kappa shape index (κ2) is 7.99. The van der Waals surface area contributed by atoms with Crippen molar-refractivity contribution in [2.45, 2.75) is 13.0 Å². The SMILES string of the molecule is COc1cc(OC)c(OC)cc1CNC(=O)[C@@H]1COc2ccccc2C1. The van der Waals surface area contributed by atoms with Gasteiger partial charge in [-0.15, -0.1) is 0 Å². The zero-order chi connectivity index (χ0) is 18.5. The molecular weight excluding hydrogens is 334 g/mol. The fourth-order valence-corrected chi connectivity index (χ4v) is 3.05. The van der Waals surface area contributed by atoms with Gasteiger partial charge in [0.25, 0.3) is 0 Å². The quantitative estimate of drug-likeness (QED) is 0.861. The summed E-state index contributed by atoms with van der Waals surface area (Å²) >= 11 is 0. The van der Waals surface area contributed by atoms with Crippen LogP contribution in [-0.2, 0) is 17.8 Å². The molecule has 1 atom stereocenters. The lowest BCUT2D eigenvalue weighted by molar-refractivity contribution is -0.126. The number of ether oxygens (including phenoxy) is 4. The lowest BCUT2D eigenvalue weighted by atomic mass is 9.96. The van der Waals surface area contributed by atoms with E-state index in [1.54, 1.807) is 27.4 Å². The molecule has 0 aliphatic carbocycles. The standard InChI is InChI=1S/C20H23NO5/c1-23-17-10-19(25-3)18(24-2)9-14(17)11-21-20(22)15-8-13-6-4-5-7-16(13)26-12-15/h4-7,9-10,15H,8,11-12H2,1-3H3,(H,21,22)/t15-/m0/s1. The van der Waals surface area contributed by atoms with Crippen molar-refractivity contribution in [3.63, 3.8) is 0 Å². The Morgan fingerprint density at radius 3 is 2.50 bits per heavy atom. The summed E-state index contributed by atoms with van der Waals surface area (Å²) in [5, 5.41) is 2.97. The first-order chi connectivity index (χ1) is 12.7. The van der Waals surface area contributed by atoms with Crippen LogP contribution in [0.1, 0.15) is 11.1 Å². The minimum Gasteiger partial charge on any atom is -0.496 e. The zero-order valence-electron chi connectivity index (χ0n) is 15.2. The highest BCUT2D eigenvalue weighted by atomic mass is 16.5. The summed E-state index contributed by atoms with van der Waals surface area (Å²) in [6.07, 6.45) is 0.672. The van der Waals surface area contributed by atoms with Crippen LogP contribution in [0.25, 0.3) is 0 Å². The summed E-state index contributed by atoms with van der Waals surface area (Å²) < 4.78 is 21.7. The second-order valence-corrected chi connectivity index (χ2v) is 6.06. The number of carbonyl (C=O) groups excluding carboxylic acids is 1. The fourth-order valence-electron chi connectivity index (χ4n) is 3.05. The zero-order valence-corrected chi connectivity index (χ0v) is 15.2. The summed E-state index contributed by atoms with van der Waals surface area (Å²) in [5.74, 6) is 2.41. The fraction of sp³-hybridized carbons (Fsp3) is 0.350. The van der Waals surface area contributed by atoms with E-state index < -0.39 is 0 Å². The van der Waals surface area contributed by atoms with Gasteiger partial charge in [-0.3, -0.25) is 4.79 Å². The average Bonchev–Trinajstić information content (AvgIpc) is 2.70. The molecule has 1 N–H and O–H groups in total. The maximum atomic E-state index is 12.6. The van der Waals surface area contributed by atoms with E-state index in [0.717, 1.165) is 16.9 Å². The molecule has 6 nitrogen and oxygen atoms in total. The number of rotatable bonds is 6. The Morgan fingerprint density at radius 1 is 1.08 bits per heavy atom. The molecule has 26 heavy (non-hydrogen) atoms. The molecule has 1 aliphatic rings. The molecule has 2 aromatic carbocycles. The van der Waals surface area contributed by atoms with Gasteiger partial charge in [0, 0.05) is 18.2 Å². The Balaban J connectivity index is 1.68. The molecule has 3 rings (SSSR count). The van der Waals surface area contributed by atoms with Gasteiger partial charge >= 0.3 is 0 Å². The molecule has 0 unspecified atom stereocenters. The molecule has 0 fully saturated rings. The smallest absolute Gasteiger partial charge is 0.227 e. The predicted octanol–water partition coefficient (Wildman–Crippen LogP) is 2.58. The molecule has 6 heteroatoms. The minimum atomic E-state index is -0.212. The van der Waals surface area contributed by atoms with Crippen molar-refractivity contribution in [2.75, 3.05) is 27.9 Å². The minimum absolute atomic E-state index is 0.0451. The van der Waals surface area contributed by atoms with Crippen LogP contribution in [0.15, 0.2) is 36.4 Å². The first kappa shape index (κ1) is 17.9. The molecule has 1 aliphatic heterocycles. The third-order valence-corrected chi connectivity index (χ3v) is 4.49. The van der Waals surface area contributed by atoms with Crippen molar-refractivity contribution in [3.05, 3.63) is 47.5 Å². The molecule has 0 spiro atoms. The van der Waals surface area contributed by atoms with Gasteiger partial charge in [-0.1, -0.05) is 18.2 Å². The number of amides is 1. The Bertz CT molecular complexity index is 790. The number of para-hydroxylation sites is 1. The number of carbonyl (C=O) groups is 1. The molecular formula is C20H23NO5. The highest BCUT2D eigenvalue weighted by molar-refractivity contribution is 5.79. The van der Waals surface area contributed by atoms with Crippen LogP contribution >= 0.6 is 0 Å². The van der Waals surface area contributed by atoms with Gasteiger partial charge in [0.1, 0.15) is 18.1 Å². The van der Waals surface area contributed by atoms with Gasteiger partial charge in [0.05, 0.1) is 27.2 Å². The Hall–Kier alpha value is -2.89. The van der Waals surface area contributed by atoms with Gasteiger partial charge < -0.3 is 24.3 Å². The normalized spacial score (nSPS) is 15.4. The molecule has 0 aromatic heterocycles. The van der Waals surface area contributed by atoms with E-state index in [1.165, 1.54) is 0 Å². The third-order valence-electron chi connectivity index (χ3n) is 4.49. The van der Waals surface area contributed by atoms with Gasteiger partial charge in [0.2, 0.25) is 5.91 Å². The van der Waals surface area contributed by atoms with Crippen LogP contribution < -0.4 is 24.3 Å². The molecule has 138 valence electrons. The largest absolute Gasteiger partial charge is 0.496 e. The number of hydrogen-bond donors (Lipinski definition) is 1. The molecule has 1 amide bonds. The third kappa shape index (κ3) is 3.69. The molecule has 0 bridgehead atoms. The Labute approximate surface area is 153 Å². The number of benzene rings is 2.